The van der Waals surface area contributed by atoms with Gasteiger partial charge in [0.1, 0.15) is 0 Å². The molecule has 0 saturated heterocycles. The van der Waals surface area contributed by atoms with Crippen molar-refractivity contribution in [1.29, 1.82) is 0 Å². The monoisotopic (exact) mass is 940 g/mol. The first kappa shape index (κ1) is 52.2. The van der Waals surface area contributed by atoms with E-state index in [0.717, 1.165) is 0 Å². The van der Waals surface area contributed by atoms with Crippen LogP contribution in [0.3, 0.4) is 0 Å². The van der Waals surface area contributed by atoms with Crippen LogP contribution in [0.2, 0.25) is 0 Å². The summed E-state index contributed by atoms with van der Waals surface area (Å²) in [5.74, 6) is -4.06. The molecule has 0 saturated carbocycles. The van der Waals surface area contributed by atoms with Crippen LogP contribution in [0.15, 0.2) is 172 Å². The van der Waals surface area contributed by atoms with Crippen LogP contribution in [0.5, 0.6) is 0 Å². The molecule has 6 rings (SSSR count). The quantitative estimate of drug-likeness (QED) is 0.168. The Morgan fingerprint density at radius 1 is 0.186 bits per heavy atom. The summed E-state index contributed by atoms with van der Waals surface area (Å²) in [6.07, 6.45) is -1.39. The van der Waals surface area contributed by atoms with E-state index in [4.69, 9.17) is 0 Å². The number of rotatable bonds is 0. The van der Waals surface area contributed by atoms with Gasteiger partial charge in [0.25, 0.3) is 0 Å². The number of carbonyl (C=O) groups excluding carboxylic acids is 10. The van der Waals surface area contributed by atoms with E-state index >= 15 is 0 Å². The van der Waals surface area contributed by atoms with Crippen LogP contribution in [-0.4, -0.2) is 57.8 Å². The Bertz CT molecular complexity index is 2460. The Morgan fingerprint density at radius 2 is 0.257 bits per heavy atom. The molecule has 0 unspecified atom stereocenters. The predicted molar refractivity (Wildman–Crippen MR) is 269 cm³/mol. The highest BCUT2D eigenvalue weighted by atomic mass is 16.2. The maximum Gasteiger partial charge on any atom is 0.185 e. The molecule has 70 heavy (non-hydrogen) atoms. The van der Waals surface area contributed by atoms with Crippen LogP contribution in [0.1, 0.15) is 133 Å². The molecule has 360 valence electrons. The molecule has 0 bridgehead atoms. The molecule has 0 fully saturated rings. The van der Waals surface area contributed by atoms with E-state index in [-0.39, 0.29) is 176 Å². The minimum absolute atomic E-state index is 0.130. The molecule has 6 aliphatic carbocycles. The number of Topliss-reactive ketones (excluding diaryl/α,β-unsaturated/α-hetero) is 10. The van der Waals surface area contributed by atoms with Crippen molar-refractivity contribution >= 4 is 57.8 Å². The highest BCUT2D eigenvalue weighted by Crippen LogP contribution is 2.42. The molecule has 0 aromatic heterocycles. The molecule has 10 heteroatoms. The number of hydrogen-bond donors (Lipinski definition) is 0. The number of ketones is 10. The fourth-order valence-electron chi connectivity index (χ4n) is 10.0. The minimum atomic E-state index is -0.406. The van der Waals surface area contributed by atoms with E-state index in [0.29, 0.717) is 27.9 Å². The highest BCUT2D eigenvalue weighted by molar-refractivity contribution is 6.29. The van der Waals surface area contributed by atoms with E-state index in [1.165, 1.54) is 0 Å². The van der Waals surface area contributed by atoms with Gasteiger partial charge in [-0.2, -0.15) is 0 Å². The van der Waals surface area contributed by atoms with Gasteiger partial charge in [0.05, 0.1) is 0 Å². The topological polar surface area (TPSA) is 171 Å². The molecule has 0 aromatic rings. The molecule has 0 heterocycles. The van der Waals surface area contributed by atoms with E-state index in [2.05, 4.69) is 32.9 Å². The Balaban J connectivity index is 1.56. The Kier molecular flexibility index (Phi) is 14.7. The Hall–Kier alpha value is -7.20. The normalized spacial score (nSPS) is 22.3. The zero-order valence-corrected chi connectivity index (χ0v) is 42.2. The van der Waals surface area contributed by atoms with Gasteiger partial charge in [0.2, 0.25) is 0 Å². The van der Waals surface area contributed by atoms with Crippen molar-refractivity contribution < 1.29 is 47.9 Å². The van der Waals surface area contributed by atoms with Gasteiger partial charge in [-0.3, -0.25) is 47.9 Å². The summed E-state index contributed by atoms with van der Waals surface area (Å²) in [6.45, 7) is 36.8. The maximum absolute atomic E-state index is 14.2. The summed E-state index contributed by atoms with van der Waals surface area (Å²) in [5.41, 5.74) is 5.45. The second-order valence-electron chi connectivity index (χ2n) is 19.8. The minimum Gasteiger partial charge on any atom is -0.289 e. The van der Waals surface area contributed by atoms with Gasteiger partial charge in [-0.05, 0) is 133 Å². The molecular formula is C60H60O10. The van der Waals surface area contributed by atoms with Crippen molar-refractivity contribution in [3.63, 3.8) is 0 Å². The lowest BCUT2D eigenvalue weighted by atomic mass is 9.76. The van der Waals surface area contributed by atoms with E-state index in [1.54, 1.807) is 69.2 Å². The van der Waals surface area contributed by atoms with Crippen molar-refractivity contribution in [1.82, 2.24) is 0 Å². The zero-order valence-electron chi connectivity index (χ0n) is 42.2. The van der Waals surface area contributed by atoms with E-state index < -0.39 is 57.8 Å². The average molecular weight is 941 g/mol. The summed E-state index contributed by atoms with van der Waals surface area (Å²) in [5, 5.41) is 0. The van der Waals surface area contributed by atoms with Crippen molar-refractivity contribution in [3.05, 3.63) is 172 Å². The standard InChI is InChI=1S/C60H60O10/c1-26-16-41-43(53(63)33(8)31(6)51(41)61)18-27(2)20-45-47(57(67)37(12)35(10)55(45)65)22-29(4)24-49-50(60(70)40(15)39(14)59(49)69)25-30(5)23-48-46(56(66)36(11)38(13)58(48)68)21-28(3)19-44-42(17-26)52(62)32(7)34(9)54(44)64/h1-5,16-25H2,6-15H3. The van der Waals surface area contributed by atoms with Crippen molar-refractivity contribution in [3.8, 4) is 0 Å². The van der Waals surface area contributed by atoms with Crippen LogP contribution in [0.4, 0.5) is 0 Å². The third kappa shape index (κ3) is 9.31. The predicted octanol–water partition coefficient (Wildman–Crippen LogP) is 10.6. The van der Waals surface area contributed by atoms with E-state index in [1.807, 2.05) is 0 Å². The van der Waals surface area contributed by atoms with Gasteiger partial charge in [0.15, 0.2) is 57.8 Å². The molecule has 0 amide bonds. The van der Waals surface area contributed by atoms with Gasteiger partial charge in [0, 0.05) is 111 Å². The SMILES string of the molecule is C=C1CC2=C(CC(=C)CC3=C(CC(=C)CC4=C(CC(=C)CC5=C(CC(=C)CC6=C(C1)C(=O)C(C)=C(C)C6=O)C(=O)C(C)=C(C)C5=O)C(=O)C(C)=C(C)C4=O)C(=O)C(C)=C(C)C3=O)C(=O)C(C)=C(C)C2=O. The number of hydrogen-bond acceptors (Lipinski definition) is 10. The molecule has 0 atom stereocenters. The van der Waals surface area contributed by atoms with Crippen molar-refractivity contribution in [2.24, 2.45) is 0 Å². The van der Waals surface area contributed by atoms with Gasteiger partial charge >= 0.3 is 0 Å². The van der Waals surface area contributed by atoms with Crippen molar-refractivity contribution in [2.75, 3.05) is 0 Å². The van der Waals surface area contributed by atoms with Gasteiger partial charge in [-0.25, -0.2) is 0 Å². The van der Waals surface area contributed by atoms with E-state index in [9.17, 15) is 47.9 Å². The molecule has 10 nitrogen and oxygen atoms in total. The van der Waals surface area contributed by atoms with Crippen LogP contribution < -0.4 is 0 Å². The lowest BCUT2D eigenvalue weighted by Gasteiger charge is -2.26. The average Bonchev–Trinajstić information content (AvgIpc) is 3.32. The largest absolute Gasteiger partial charge is 0.289 e. The maximum atomic E-state index is 14.2. The lowest BCUT2D eigenvalue weighted by Crippen LogP contribution is -2.25. The summed E-state index contributed by atoms with van der Waals surface area (Å²) in [7, 11) is 0. The molecule has 6 aliphatic rings. The first-order chi connectivity index (χ1) is 32.6. The number of carbonyl (C=O) groups is 10. The molecule has 0 N–H and O–H groups in total. The smallest absolute Gasteiger partial charge is 0.185 e. The lowest BCUT2D eigenvalue weighted by molar-refractivity contribution is -0.116. The second-order valence-corrected chi connectivity index (χ2v) is 19.8. The first-order valence-electron chi connectivity index (χ1n) is 23.4. The van der Waals surface area contributed by atoms with Gasteiger partial charge in [-0.15, -0.1) is 0 Å². The third-order valence-corrected chi connectivity index (χ3v) is 15.0. The van der Waals surface area contributed by atoms with Gasteiger partial charge < -0.3 is 0 Å². The molecule has 0 radical (unpaired) electrons. The zero-order chi connectivity index (χ0) is 52.3. The van der Waals surface area contributed by atoms with Crippen LogP contribution in [0, 0.1) is 0 Å². The summed E-state index contributed by atoms with van der Waals surface area (Å²) >= 11 is 0. The second kappa shape index (κ2) is 19.7. The fourth-order valence-corrected chi connectivity index (χ4v) is 10.0. The summed E-state index contributed by atoms with van der Waals surface area (Å²) < 4.78 is 0. The summed E-state index contributed by atoms with van der Waals surface area (Å²) in [6, 6.07) is 0. The van der Waals surface area contributed by atoms with Crippen LogP contribution in [0.25, 0.3) is 0 Å². The highest BCUT2D eigenvalue weighted by Gasteiger charge is 2.38. The first-order valence-corrected chi connectivity index (χ1v) is 23.4. The third-order valence-electron chi connectivity index (χ3n) is 15.0. The molecular weight excluding hydrogens is 881 g/mol. The molecule has 0 aromatic carbocycles. The summed E-state index contributed by atoms with van der Waals surface area (Å²) in [4.78, 5) is 142. The van der Waals surface area contributed by atoms with Crippen LogP contribution >= 0.6 is 0 Å². The number of allylic oxidation sites excluding steroid dienone is 25. The fraction of sp³-hybridized carbons (Fsp3) is 0.333. The Labute approximate surface area is 410 Å². The van der Waals surface area contributed by atoms with Crippen molar-refractivity contribution in [2.45, 2.75) is 133 Å². The van der Waals surface area contributed by atoms with Crippen LogP contribution in [-0.2, 0) is 47.9 Å². The molecule has 0 spiro atoms. The molecule has 0 aliphatic heterocycles. The van der Waals surface area contributed by atoms with Gasteiger partial charge in [-0.1, -0.05) is 60.8 Å². The Morgan fingerprint density at radius 3 is 0.329 bits per heavy atom.